The molecule has 1 fully saturated rings. The van der Waals surface area contributed by atoms with Crippen molar-refractivity contribution in [2.24, 2.45) is 21.8 Å². The zero-order valence-electron chi connectivity index (χ0n) is 18.0. The number of hydrogen-bond acceptors (Lipinski definition) is 4. The summed E-state index contributed by atoms with van der Waals surface area (Å²) in [6.45, 7) is 14.4. The number of amidine groups is 1. The Balaban J connectivity index is 2.06. The maximum absolute atomic E-state index is 14.9. The largest absolute Gasteiger partial charge is 0.354 e. The van der Waals surface area contributed by atoms with Crippen LogP contribution in [0.1, 0.15) is 32.8 Å². The molecule has 0 saturated carbocycles. The molecule has 1 aromatic carbocycles. The Hall–Kier alpha value is -1.72. The number of benzene rings is 1. The molecule has 29 heavy (non-hydrogen) atoms. The fourth-order valence-electron chi connectivity index (χ4n) is 3.81. The van der Waals surface area contributed by atoms with E-state index in [1.165, 1.54) is 6.07 Å². The Kier molecular flexibility index (Phi) is 7.12. The molecule has 2 aliphatic heterocycles. The molecular weight excluding hydrogens is 387 g/mol. The van der Waals surface area contributed by atoms with E-state index >= 15 is 0 Å². The molecule has 2 heterocycles. The van der Waals surface area contributed by atoms with Crippen LogP contribution >= 0.6 is 11.6 Å². The summed E-state index contributed by atoms with van der Waals surface area (Å²) in [4.78, 5) is 14.1. The number of fused-ring (bicyclic) bond motifs is 1. The zero-order chi connectivity index (χ0) is 21.1. The van der Waals surface area contributed by atoms with Crippen molar-refractivity contribution in [3.63, 3.8) is 0 Å². The van der Waals surface area contributed by atoms with Crippen LogP contribution in [0.4, 0.5) is 10.1 Å². The molecule has 6 heteroatoms. The second-order valence-corrected chi connectivity index (χ2v) is 8.79. The van der Waals surface area contributed by atoms with Crippen LogP contribution in [0.3, 0.4) is 0 Å². The number of hydrogen-bond donors (Lipinski definition) is 0. The van der Waals surface area contributed by atoms with E-state index in [0.717, 1.165) is 49.6 Å². The van der Waals surface area contributed by atoms with E-state index in [2.05, 4.69) is 44.2 Å². The lowest BCUT2D eigenvalue weighted by atomic mass is 9.82. The Morgan fingerprint density at radius 3 is 2.69 bits per heavy atom. The molecule has 158 valence electrons. The van der Waals surface area contributed by atoms with Crippen LogP contribution in [-0.2, 0) is 6.42 Å². The Labute approximate surface area is 179 Å². The number of likely N-dealkylation sites (N-methyl/N-ethyl adjacent to an activating group) is 1. The third-order valence-corrected chi connectivity index (χ3v) is 6.40. The second kappa shape index (κ2) is 9.40. The average Bonchev–Trinajstić information content (AvgIpc) is 2.69. The smallest absolute Gasteiger partial charge is 0.150 e. The maximum Gasteiger partial charge on any atom is 0.150 e. The van der Waals surface area contributed by atoms with Gasteiger partial charge in [-0.25, -0.2) is 9.38 Å². The molecular formula is C23H32ClFN4. The van der Waals surface area contributed by atoms with Gasteiger partial charge in [-0.2, -0.15) is 0 Å². The lowest BCUT2D eigenvalue weighted by Gasteiger charge is -2.38. The quantitative estimate of drug-likeness (QED) is 0.647. The molecule has 2 aliphatic rings. The standard InChI is InChI=1S/C23H32ClFN4/c1-6-15(2)26-14-19-11-18-12-20(24)13-21(25)22(18)27-23(17(4)16(19)3)29-9-7-28(5)8-10-29/h12-16,19H,4,6-11H2,1-3,5H3. The number of aliphatic imine (C=N–C) groups is 2. The minimum absolute atomic E-state index is 0.117. The van der Waals surface area contributed by atoms with E-state index in [1.807, 2.05) is 12.3 Å². The van der Waals surface area contributed by atoms with Crippen LogP contribution in [0, 0.1) is 17.7 Å². The van der Waals surface area contributed by atoms with Gasteiger partial charge >= 0.3 is 0 Å². The van der Waals surface area contributed by atoms with Gasteiger partial charge in [-0.05, 0) is 56.0 Å². The molecule has 0 N–H and O–H groups in total. The van der Waals surface area contributed by atoms with E-state index < -0.39 is 0 Å². The maximum atomic E-state index is 14.9. The van der Waals surface area contributed by atoms with Crippen molar-refractivity contribution in [1.29, 1.82) is 0 Å². The molecule has 0 bridgehead atoms. The van der Waals surface area contributed by atoms with Gasteiger partial charge in [-0.3, -0.25) is 4.99 Å². The first kappa shape index (κ1) is 22.0. The predicted octanol–water partition coefficient (Wildman–Crippen LogP) is 4.99. The number of piperazine rings is 1. The van der Waals surface area contributed by atoms with Crippen molar-refractivity contribution in [3.8, 4) is 0 Å². The summed E-state index contributed by atoms with van der Waals surface area (Å²) in [6.07, 6.45) is 3.68. The van der Waals surface area contributed by atoms with E-state index in [9.17, 15) is 4.39 Å². The van der Waals surface area contributed by atoms with Gasteiger partial charge in [-0.15, -0.1) is 0 Å². The lowest BCUT2D eigenvalue weighted by molar-refractivity contribution is 0.214. The predicted molar refractivity (Wildman–Crippen MR) is 121 cm³/mol. The lowest BCUT2D eigenvalue weighted by Crippen LogP contribution is -2.48. The van der Waals surface area contributed by atoms with Crippen molar-refractivity contribution in [3.05, 3.63) is 40.7 Å². The average molecular weight is 419 g/mol. The van der Waals surface area contributed by atoms with Gasteiger partial charge < -0.3 is 9.80 Å². The zero-order valence-corrected chi connectivity index (χ0v) is 18.7. The van der Waals surface area contributed by atoms with Gasteiger partial charge in [0, 0.05) is 49.4 Å². The molecule has 4 nitrogen and oxygen atoms in total. The summed E-state index contributed by atoms with van der Waals surface area (Å²) < 4.78 is 14.9. The van der Waals surface area contributed by atoms with Crippen molar-refractivity contribution in [2.75, 3.05) is 33.2 Å². The summed E-state index contributed by atoms with van der Waals surface area (Å²) >= 11 is 6.18. The summed E-state index contributed by atoms with van der Waals surface area (Å²) in [5.74, 6) is 0.691. The van der Waals surface area contributed by atoms with Crippen molar-refractivity contribution >= 4 is 29.3 Å². The normalized spacial score (nSPS) is 24.8. The Bertz CT molecular complexity index is 811. The van der Waals surface area contributed by atoms with Gasteiger partial charge in [0.15, 0.2) is 5.82 Å². The van der Waals surface area contributed by atoms with Gasteiger partial charge in [0.25, 0.3) is 0 Å². The molecule has 0 spiro atoms. The molecule has 0 aliphatic carbocycles. The molecule has 1 saturated heterocycles. The first-order valence-electron chi connectivity index (χ1n) is 10.5. The molecule has 0 aromatic heterocycles. The Morgan fingerprint density at radius 1 is 1.34 bits per heavy atom. The van der Waals surface area contributed by atoms with E-state index in [-0.39, 0.29) is 23.7 Å². The van der Waals surface area contributed by atoms with Crippen molar-refractivity contribution in [2.45, 2.75) is 39.7 Å². The van der Waals surface area contributed by atoms with Crippen molar-refractivity contribution < 1.29 is 4.39 Å². The molecule has 3 atom stereocenters. The van der Waals surface area contributed by atoms with Crippen LogP contribution in [0.15, 0.2) is 34.3 Å². The first-order chi connectivity index (χ1) is 13.8. The van der Waals surface area contributed by atoms with Gasteiger partial charge in [0.05, 0.1) is 0 Å². The SMILES string of the molecule is C=C1C(N2CCN(C)CC2)=Nc2c(F)cc(Cl)cc2CC(C=NC(C)CC)C1C. The second-order valence-electron chi connectivity index (χ2n) is 8.36. The number of nitrogens with zero attached hydrogens (tertiary/aromatic N) is 4. The highest BCUT2D eigenvalue weighted by atomic mass is 35.5. The third kappa shape index (κ3) is 5.07. The fraction of sp³-hybridized carbons (Fsp3) is 0.565. The van der Waals surface area contributed by atoms with Gasteiger partial charge in [-0.1, -0.05) is 32.0 Å². The van der Waals surface area contributed by atoms with E-state index in [0.29, 0.717) is 17.1 Å². The molecule has 3 rings (SSSR count). The summed E-state index contributed by atoms with van der Waals surface area (Å²) in [6, 6.07) is 3.46. The summed E-state index contributed by atoms with van der Waals surface area (Å²) in [5.41, 5.74) is 2.18. The van der Waals surface area contributed by atoms with Crippen LogP contribution < -0.4 is 0 Å². The monoisotopic (exact) mass is 418 g/mol. The third-order valence-electron chi connectivity index (χ3n) is 6.19. The topological polar surface area (TPSA) is 31.2 Å². The highest BCUT2D eigenvalue weighted by Gasteiger charge is 2.30. The molecule has 0 amide bonds. The highest BCUT2D eigenvalue weighted by Crippen LogP contribution is 2.36. The Morgan fingerprint density at radius 2 is 2.03 bits per heavy atom. The van der Waals surface area contributed by atoms with Gasteiger partial charge in [0.2, 0.25) is 0 Å². The van der Waals surface area contributed by atoms with Crippen LogP contribution in [-0.4, -0.2) is 61.1 Å². The first-order valence-corrected chi connectivity index (χ1v) is 10.9. The van der Waals surface area contributed by atoms with Gasteiger partial charge in [0.1, 0.15) is 11.5 Å². The van der Waals surface area contributed by atoms with Crippen LogP contribution in [0.5, 0.6) is 0 Å². The summed E-state index contributed by atoms with van der Waals surface area (Å²) in [7, 11) is 2.12. The molecule has 3 unspecified atom stereocenters. The molecule has 0 radical (unpaired) electrons. The van der Waals surface area contributed by atoms with Crippen molar-refractivity contribution in [1.82, 2.24) is 9.80 Å². The number of rotatable bonds is 3. The van der Waals surface area contributed by atoms with E-state index in [4.69, 9.17) is 21.6 Å². The minimum Gasteiger partial charge on any atom is -0.354 e. The van der Waals surface area contributed by atoms with Crippen LogP contribution in [0.2, 0.25) is 5.02 Å². The van der Waals surface area contributed by atoms with E-state index in [1.54, 1.807) is 0 Å². The highest BCUT2D eigenvalue weighted by molar-refractivity contribution is 6.30. The number of halogens is 2. The fourth-order valence-corrected chi connectivity index (χ4v) is 4.03. The van der Waals surface area contributed by atoms with Crippen LogP contribution in [0.25, 0.3) is 0 Å². The molecule has 1 aromatic rings. The minimum atomic E-state index is -0.376. The summed E-state index contributed by atoms with van der Waals surface area (Å²) in [5, 5.41) is 0.405.